The molecule has 0 spiro atoms. The summed E-state index contributed by atoms with van der Waals surface area (Å²) in [6.07, 6.45) is 4.03. The van der Waals surface area contributed by atoms with Gasteiger partial charge in [-0.2, -0.15) is 0 Å². The summed E-state index contributed by atoms with van der Waals surface area (Å²) in [5.74, 6) is 2.96. The number of ether oxygens (including phenoxy) is 3. The first-order chi connectivity index (χ1) is 12.2. The molecule has 0 saturated carbocycles. The normalized spacial score (nSPS) is 17.5. The zero-order valence-corrected chi connectivity index (χ0v) is 15.2. The van der Waals surface area contributed by atoms with E-state index >= 15 is 0 Å². The fourth-order valence-electron chi connectivity index (χ4n) is 3.53. The second kappa shape index (κ2) is 8.21. The smallest absolute Gasteiger partial charge is 0.217 e. The lowest BCUT2D eigenvalue weighted by molar-refractivity contribution is 0.305. The van der Waals surface area contributed by atoms with E-state index in [1.165, 1.54) is 12.0 Å². The first kappa shape index (κ1) is 17.5. The van der Waals surface area contributed by atoms with E-state index in [4.69, 9.17) is 14.2 Å². The number of hydrogen-bond acceptors (Lipinski definition) is 5. The van der Waals surface area contributed by atoms with E-state index in [2.05, 4.69) is 28.1 Å². The number of rotatable bonds is 7. The summed E-state index contributed by atoms with van der Waals surface area (Å²) in [4.78, 5) is 6.76. The number of methoxy groups -OCH3 is 3. The van der Waals surface area contributed by atoms with Crippen LogP contribution in [-0.2, 0) is 13.0 Å². The van der Waals surface area contributed by atoms with Crippen molar-refractivity contribution in [1.29, 1.82) is 0 Å². The molecule has 5 nitrogen and oxygen atoms in total. The van der Waals surface area contributed by atoms with Crippen LogP contribution in [0.2, 0.25) is 0 Å². The molecule has 1 aromatic heterocycles. The van der Waals surface area contributed by atoms with Crippen LogP contribution in [0, 0.1) is 5.92 Å². The Morgan fingerprint density at radius 2 is 1.92 bits per heavy atom. The standard InChI is InChI=1S/C20H26N2O3/c1-23-18-7-6-15(12-19(18)24-2)11-16-8-10-22(13-16)14-17-5-4-9-21-20(17)25-3/h4-7,9,12,16H,8,10-11,13-14H2,1-3H3. The third kappa shape index (κ3) is 4.23. The van der Waals surface area contributed by atoms with Crippen molar-refractivity contribution in [2.24, 2.45) is 5.92 Å². The van der Waals surface area contributed by atoms with E-state index in [-0.39, 0.29) is 0 Å². The van der Waals surface area contributed by atoms with Gasteiger partial charge in [-0.25, -0.2) is 4.98 Å². The van der Waals surface area contributed by atoms with Crippen molar-refractivity contribution in [3.63, 3.8) is 0 Å². The summed E-state index contributed by atoms with van der Waals surface area (Å²) >= 11 is 0. The lowest BCUT2D eigenvalue weighted by Gasteiger charge is -2.17. The molecule has 1 aromatic carbocycles. The van der Waals surface area contributed by atoms with Crippen molar-refractivity contribution in [1.82, 2.24) is 9.88 Å². The van der Waals surface area contributed by atoms with E-state index in [9.17, 15) is 0 Å². The molecule has 0 radical (unpaired) electrons. The Labute approximate surface area is 149 Å². The zero-order valence-electron chi connectivity index (χ0n) is 15.2. The molecular weight excluding hydrogens is 316 g/mol. The summed E-state index contributed by atoms with van der Waals surface area (Å²) in [5, 5.41) is 0. The number of nitrogens with zero attached hydrogens (tertiary/aromatic N) is 2. The lowest BCUT2D eigenvalue weighted by Crippen LogP contribution is -2.21. The van der Waals surface area contributed by atoms with Crippen LogP contribution < -0.4 is 14.2 Å². The second-order valence-electron chi connectivity index (χ2n) is 6.46. The van der Waals surface area contributed by atoms with Gasteiger partial charge >= 0.3 is 0 Å². The molecule has 5 heteroatoms. The first-order valence-electron chi connectivity index (χ1n) is 8.64. The molecule has 1 aliphatic heterocycles. The van der Waals surface area contributed by atoms with Gasteiger partial charge in [0.05, 0.1) is 21.3 Å². The van der Waals surface area contributed by atoms with E-state index < -0.39 is 0 Å². The van der Waals surface area contributed by atoms with Crippen LogP contribution >= 0.6 is 0 Å². The summed E-state index contributed by atoms with van der Waals surface area (Å²) in [7, 11) is 5.02. The van der Waals surface area contributed by atoms with Gasteiger partial charge in [-0.15, -0.1) is 0 Å². The van der Waals surface area contributed by atoms with Gasteiger partial charge in [0.1, 0.15) is 0 Å². The summed E-state index contributed by atoms with van der Waals surface area (Å²) in [5.41, 5.74) is 2.44. The van der Waals surface area contributed by atoms with Crippen LogP contribution in [0.3, 0.4) is 0 Å². The number of aromatic nitrogens is 1. The molecule has 0 amide bonds. The Morgan fingerprint density at radius 3 is 2.68 bits per heavy atom. The van der Waals surface area contributed by atoms with E-state index in [0.29, 0.717) is 5.92 Å². The third-order valence-corrected chi connectivity index (χ3v) is 4.78. The molecule has 1 saturated heterocycles. The van der Waals surface area contributed by atoms with Crippen molar-refractivity contribution in [2.45, 2.75) is 19.4 Å². The molecule has 3 rings (SSSR count). The largest absolute Gasteiger partial charge is 0.493 e. The lowest BCUT2D eigenvalue weighted by atomic mass is 9.98. The van der Waals surface area contributed by atoms with Gasteiger partial charge in [-0.1, -0.05) is 12.1 Å². The minimum atomic E-state index is 0.653. The van der Waals surface area contributed by atoms with Gasteiger partial charge in [0.15, 0.2) is 11.5 Å². The fourth-order valence-corrected chi connectivity index (χ4v) is 3.53. The van der Waals surface area contributed by atoms with Gasteiger partial charge in [0.2, 0.25) is 5.88 Å². The Hall–Kier alpha value is -2.27. The Morgan fingerprint density at radius 1 is 1.08 bits per heavy atom. The topological polar surface area (TPSA) is 43.8 Å². The molecule has 134 valence electrons. The minimum Gasteiger partial charge on any atom is -0.493 e. The van der Waals surface area contributed by atoms with Crippen LogP contribution in [0.5, 0.6) is 17.4 Å². The second-order valence-corrected chi connectivity index (χ2v) is 6.46. The summed E-state index contributed by atoms with van der Waals surface area (Å²) in [6, 6.07) is 10.3. The molecular formula is C20H26N2O3. The number of hydrogen-bond donors (Lipinski definition) is 0. The Bertz CT molecular complexity index is 705. The van der Waals surface area contributed by atoms with Gasteiger partial charge in [-0.3, -0.25) is 4.90 Å². The molecule has 1 atom stereocenters. The Balaban J connectivity index is 1.60. The van der Waals surface area contributed by atoms with Crippen molar-refractivity contribution < 1.29 is 14.2 Å². The van der Waals surface area contributed by atoms with Crippen LogP contribution in [0.15, 0.2) is 36.5 Å². The highest BCUT2D eigenvalue weighted by Crippen LogP contribution is 2.30. The minimum absolute atomic E-state index is 0.653. The molecule has 1 fully saturated rings. The average Bonchev–Trinajstić information content (AvgIpc) is 3.08. The van der Waals surface area contributed by atoms with Gasteiger partial charge in [0.25, 0.3) is 0 Å². The van der Waals surface area contributed by atoms with Crippen LogP contribution in [-0.4, -0.2) is 44.3 Å². The molecule has 25 heavy (non-hydrogen) atoms. The molecule has 2 aromatic rings. The van der Waals surface area contributed by atoms with Crippen LogP contribution in [0.25, 0.3) is 0 Å². The third-order valence-electron chi connectivity index (χ3n) is 4.78. The van der Waals surface area contributed by atoms with Crippen molar-refractivity contribution in [2.75, 3.05) is 34.4 Å². The quantitative estimate of drug-likeness (QED) is 0.773. The molecule has 0 aliphatic carbocycles. The number of benzene rings is 1. The van der Waals surface area contributed by atoms with E-state index in [1.807, 2.05) is 12.1 Å². The van der Waals surface area contributed by atoms with E-state index in [0.717, 1.165) is 49.0 Å². The Kier molecular flexibility index (Phi) is 5.76. The maximum Gasteiger partial charge on any atom is 0.217 e. The van der Waals surface area contributed by atoms with Crippen molar-refractivity contribution in [3.05, 3.63) is 47.7 Å². The van der Waals surface area contributed by atoms with E-state index in [1.54, 1.807) is 27.5 Å². The molecule has 1 unspecified atom stereocenters. The van der Waals surface area contributed by atoms with Gasteiger partial charge in [-0.05, 0) is 49.1 Å². The first-order valence-corrected chi connectivity index (χ1v) is 8.64. The maximum atomic E-state index is 5.41. The zero-order chi connectivity index (χ0) is 17.6. The monoisotopic (exact) mass is 342 g/mol. The highest BCUT2D eigenvalue weighted by molar-refractivity contribution is 5.43. The van der Waals surface area contributed by atoms with Crippen molar-refractivity contribution in [3.8, 4) is 17.4 Å². The highest BCUT2D eigenvalue weighted by Gasteiger charge is 2.24. The predicted octanol–water partition coefficient (Wildman–Crippen LogP) is 3.17. The number of pyridine rings is 1. The van der Waals surface area contributed by atoms with Gasteiger partial charge < -0.3 is 14.2 Å². The van der Waals surface area contributed by atoms with Crippen LogP contribution in [0.1, 0.15) is 17.5 Å². The van der Waals surface area contributed by atoms with Crippen molar-refractivity contribution >= 4 is 0 Å². The molecule has 2 heterocycles. The van der Waals surface area contributed by atoms with Gasteiger partial charge in [0, 0.05) is 24.8 Å². The molecule has 0 bridgehead atoms. The van der Waals surface area contributed by atoms with Crippen LogP contribution in [0.4, 0.5) is 0 Å². The highest BCUT2D eigenvalue weighted by atomic mass is 16.5. The average molecular weight is 342 g/mol. The maximum absolute atomic E-state index is 5.41. The fraction of sp³-hybridized carbons (Fsp3) is 0.450. The predicted molar refractivity (Wildman–Crippen MR) is 97.4 cm³/mol. The summed E-state index contributed by atoms with van der Waals surface area (Å²) in [6.45, 7) is 3.09. The SMILES string of the molecule is COc1ccc(CC2CCN(Cc3cccnc3OC)C2)cc1OC. The summed E-state index contributed by atoms with van der Waals surface area (Å²) < 4.78 is 16.1. The molecule has 0 N–H and O–H groups in total. The molecule has 1 aliphatic rings. The number of likely N-dealkylation sites (tertiary alicyclic amines) is 1.